The summed E-state index contributed by atoms with van der Waals surface area (Å²) in [6.07, 6.45) is 1.78. The molecule has 0 aliphatic heterocycles. The Morgan fingerprint density at radius 2 is 1.91 bits per heavy atom. The molecule has 2 aromatic rings. The van der Waals surface area contributed by atoms with Crippen LogP contribution in [0.1, 0.15) is 11.3 Å². The average Bonchev–Trinajstić information content (AvgIpc) is 2.57. The molecule has 0 bridgehead atoms. The van der Waals surface area contributed by atoms with E-state index in [-0.39, 0.29) is 24.0 Å². The van der Waals surface area contributed by atoms with E-state index in [1.54, 1.807) is 13.2 Å². The Kier molecular flexibility index (Phi) is 9.04. The molecule has 0 aliphatic rings. The van der Waals surface area contributed by atoms with E-state index in [1.807, 2.05) is 42.5 Å². The summed E-state index contributed by atoms with van der Waals surface area (Å²) in [5.41, 5.74) is 2.20. The van der Waals surface area contributed by atoms with Crippen molar-refractivity contribution in [2.75, 3.05) is 20.2 Å². The standard InChI is InChI=1S/C17H22N4O.HI/c1-14-6-8-16(9-7-14)22-12-11-20-17(18-2)21-13-15-5-3-4-10-19-15;/h3-10H,11-13H2,1-2H3,(H2,18,20,21);1H. The normalized spacial score (nSPS) is 10.6. The summed E-state index contributed by atoms with van der Waals surface area (Å²) in [7, 11) is 1.74. The first-order chi connectivity index (χ1) is 10.8. The molecule has 0 aliphatic carbocycles. The van der Waals surface area contributed by atoms with Crippen molar-refractivity contribution >= 4 is 29.9 Å². The molecular weight excluding hydrogens is 403 g/mol. The Morgan fingerprint density at radius 3 is 2.57 bits per heavy atom. The van der Waals surface area contributed by atoms with Crippen molar-refractivity contribution in [3.63, 3.8) is 0 Å². The second-order valence-electron chi connectivity index (χ2n) is 4.84. The molecule has 0 amide bonds. The maximum atomic E-state index is 5.66. The van der Waals surface area contributed by atoms with Crippen LogP contribution >= 0.6 is 24.0 Å². The largest absolute Gasteiger partial charge is 0.492 e. The second kappa shape index (κ2) is 10.8. The quantitative estimate of drug-likeness (QED) is 0.323. The number of hydrogen-bond donors (Lipinski definition) is 2. The highest BCUT2D eigenvalue weighted by molar-refractivity contribution is 14.0. The Morgan fingerprint density at radius 1 is 1.13 bits per heavy atom. The van der Waals surface area contributed by atoms with E-state index in [1.165, 1.54) is 5.56 Å². The second-order valence-corrected chi connectivity index (χ2v) is 4.84. The molecule has 1 heterocycles. The van der Waals surface area contributed by atoms with E-state index < -0.39 is 0 Å². The monoisotopic (exact) mass is 426 g/mol. The Balaban J connectivity index is 0.00000264. The van der Waals surface area contributed by atoms with Crippen LogP contribution in [0, 0.1) is 6.92 Å². The van der Waals surface area contributed by atoms with Crippen LogP contribution in [0.4, 0.5) is 0 Å². The molecule has 0 saturated heterocycles. The first kappa shape index (κ1) is 19.2. The van der Waals surface area contributed by atoms with Gasteiger partial charge in [0.15, 0.2) is 5.96 Å². The Bertz CT molecular complexity index is 587. The number of benzene rings is 1. The summed E-state index contributed by atoms with van der Waals surface area (Å²) in [5, 5.41) is 6.42. The van der Waals surface area contributed by atoms with Gasteiger partial charge in [-0.05, 0) is 31.2 Å². The molecule has 5 nitrogen and oxygen atoms in total. The van der Waals surface area contributed by atoms with Gasteiger partial charge in [0, 0.05) is 13.2 Å². The van der Waals surface area contributed by atoms with Gasteiger partial charge in [-0.2, -0.15) is 0 Å². The molecule has 6 heteroatoms. The van der Waals surface area contributed by atoms with Crippen molar-refractivity contribution < 1.29 is 4.74 Å². The lowest BCUT2D eigenvalue weighted by molar-refractivity contribution is 0.322. The first-order valence-corrected chi connectivity index (χ1v) is 7.32. The van der Waals surface area contributed by atoms with Crippen LogP contribution in [0.2, 0.25) is 0 Å². The third-order valence-corrected chi connectivity index (χ3v) is 3.07. The van der Waals surface area contributed by atoms with Crippen LogP contribution < -0.4 is 15.4 Å². The Labute approximate surface area is 154 Å². The summed E-state index contributed by atoms with van der Waals surface area (Å²) in [4.78, 5) is 8.43. The van der Waals surface area contributed by atoms with Gasteiger partial charge in [0.05, 0.1) is 18.8 Å². The molecule has 1 aromatic carbocycles. The number of guanidine groups is 1. The number of halogens is 1. The average molecular weight is 426 g/mol. The number of hydrogen-bond acceptors (Lipinski definition) is 3. The fourth-order valence-corrected chi connectivity index (χ4v) is 1.87. The highest BCUT2D eigenvalue weighted by Gasteiger charge is 1.99. The van der Waals surface area contributed by atoms with Crippen molar-refractivity contribution in [1.82, 2.24) is 15.6 Å². The van der Waals surface area contributed by atoms with Crippen molar-refractivity contribution in [3.05, 3.63) is 59.9 Å². The molecule has 0 saturated carbocycles. The van der Waals surface area contributed by atoms with Crippen LogP contribution in [0.15, 0.2) is 53.7 Å². The number of pyridine rings is 1. The molecule has 0 unspecified atom stereocenters. The molecule has 0 radical (unpaired) electrons. The number of aliphatic imine (C=N–C) groups is 1. The van der Waals surface area contributed by atoms with E-state index in [0.717, 1.165) is 17.4 Å². The number of ether oxygens (including phenoxy) is 1. The minimum Gasteiger partial charge on any atom is -0.492 e. The van der Waals surface area contributed by atoms with E-state index in [2.05, 4.69) is 27.5 Å². The van der Waals surface area contributed by atoms with Gasteiger partial charge in [-0.1, -0.05) is 23.8 Å². The number of nitrogens with zero attached hydrogens (tertiary/aromatic N) is 2. The van der Waals surface area contributed by atoms with Crippen LogP contribution in [-0.2, 0) is 6.54 Å². The maximum absolute atomic E-state index is 5.66. The summed E-state index contributed by atoms with van der Waals surface area (Å²) in [6.45, 7) is 3.95. The van der Waals surface area contributed by atoms with Crippen molar-refractivity contribution in [2.45, 2.75) is 13.5 Å². The zero-order chi connectivity index (χ0) is 15.6. The minimum absolute atomic E-state index is 0. The number of nitrogens with one attached hydrogen (secondary N) is 2. The van der Waals surface area contributed by atoms with Gasteiger partial charge in [-0.25, -0.2) is 0 Å². The fourth-order valence-electron chi connectivity index (χ4n) is 1.87. The van der Waals surface area contributed by atoms with Crippen LogP contribution in [0.25, 0.3) is 0 Å². The van der Waals surface area contributed by atoms with E-state index in [0.29, 0.717) is 19.7 Å². The number of aromatic nitrogens is 1. The van der Waals surface area contributed by atoms with Gasteiger partial charge in [0.25, 0.3) is 0 Å². The van der Waals surface area contributed by atoms with Gasteiger partial charge in [-0.3, -0.25) is 9.98 Å². The number of aryl methyl sites for hydroxylation is 1. The summed E-state index contributed by atoms with van der Waals surface area (Å²) < 4.78 is 5.66. The zero-order valence-electron chi connectivity index (χ0n) is 13.5. The lowest BCUT2D eigenvalue weighted by Gasteiger charge is -2.12. The topological polar surface area (TPSA) is 58.5 Å². The van der Waals surface area contributed by atoms with Gasteiger partial charge < -0.3 is 15.4 Å². The van der Waals surface area contributed by atoms with Crippen molar-refractivity contribution in [2.24, 2.45) is 4.99 Å². The Hall–Kier alpha value is -1.83. The molecular formula is C17H23IN4O. The van der Waals surface area contributed by atoms with Crippen LogP contribution in [0.5, 0.6) is 5.75 Å². The van der Waals surface area contributed by atoms with Crippen LogP contribution in [0.3, 0.4) is 0 Å². The lowest BCUT2D eigenvalue weighted by Crippen LogP contribution is -2.39. The summed E-state index contributed by atoms with van der Waals surface area (Å²) in [5.74, 6) is 1.61. The molecule has 0 fully saturated rings. The molecule has 0 spiro atoms. The highest BCUT2D eigenvalue weighted by atomic mass is 127. The number of rotatable bonds is 6. The summed E-state index contributed by atoms with van der Waals surface area (Å²) in [6, 6.07) is 13.9. The zero-order valence-corrected chi connectivity index (χ0v) is 15.8. The minimum atomic E-state index is 0. The maximum Gasteiger partial charge on any atom is 0.191 e. The molecule has 124 valence electrons. The van der Waals surface area contributed by atoms with Gasteiger partial charge >= 0.3 is 0 Å². The van der Waals surface area contributed by atoms with Gasteiger partial charge in [-0.15, -0.1) is 24.0 Å². The molecule has 2 N–H and O–H groups in total. The van der Waals surface area contributed by atoms with Crippen molar-refractivity contribution in [3.8, 4) is 5.75 Å². The predicted molar refractivity (Wildman–Crippen MR) is 105 cm³/mol. The van der Waals surface area contributed by atoms with Crippen molar-refractivity contribution in [1.29, 1.82) is 0 Å². The van der Waals surface area contributed by atoms with E-state index in [9.17, 15) is 0 Å². The predicted octanol–water partition coefficient (Wildman–Crippen LogP) is 2.75. The fraction of sp³-hybridized carbons (Fsp3) is 0.294. The smallest absolute Gasteiger partial charge is 0.191 e. The molecule has 0 atom stereocenters. The SMILES string of the molecule is CN=C(NCCOc1ccc(C)cc1)NCc1ccccn1.I. The summed E-state index contributed by atoms with van der Waals surface area (Å²) >= 11 is 0. The first-order valence-electron chi connectivity index (χ1n) is 7.32. The van der Waals surface area contributed by atoms with Gasteiger partial charge in [0.1, 0.15) is 12.4 Å². The van der Waals surface area contributed by atoms with E-state index in [4.69, 9.17) is 4.74 Å². The molecule has 2 rings (SSSR count). The highest BCUT2D eigenvalue weighted by Crippen LogP contribution is 2.10. The van der Waals surface area contributed by atoms with Gasteiger partial charge in [0.2, 0.25) is 0 Å². The van der Waals surface area contributed by atoms with E-state index >= 15 is 0 Å². The van der Waals surface area contributed by atoms with Crippen LogP contribution in [-0.4, -0.2) is 31.1 Å². The molecule has 1 aromatic heterocycles. The third kappa shape index (κ3) is 7.32. The molecule has 23 heavy (non-hydrogen) atoms. The lowest BCUT2D eigenvalue weighted by atomic mass is 10.2. The third-order valence-electron chi connectivity index (χ3n) is 3.07.